The van der Waals surface area contributed by atoms with Crippen molar-refractivity contribution in [1.29, 1.82) is 5.26 Å². The predicted octanol–water partition coefficient (Wildman–Crippen LogP) is 14.8. The third kappa shape index (κ3) is 16.7. The molecule has 3 N–H and O–H groups in total. The average Bonchev–Trinajstić information content (AvgIpc) is 1.74. The van der Waals surface area contributed by atoms with Crippen molar-refractivity contribution in [3.05, 3.63) is 137 Å². The van der Waals surface area contributed by atoms with Gasteiger partial charge in [-0.2, -0.15) is 20.6 Å². The lowest BCUT2D eigenvalue weighted by molar-refractivity contribution is -0.148. The van der Waals surface area contributed by atoms with Gasteiger partial charge >= 0.3 is 17.9 Å². The molecule has 9 aromatic rings. The van der Waals surface area contributed by atoms with Gasteiger partial charge in [-0.15, -0.1) is 0 Å². The molecule has 25 nitrogen and oxygen atoms in total. The fourth-order valence-corrected chi connectivity index (χ4v) is 19.8. The van der Waals surface area contributed by atoms with E-state index in [9.17, 15) is 29.9 Å². The molecule has 586 valence electrons. The second-order valence-corrected chi connectivity index (χ2v) is 34.5. The number of fused-ring (bicyclic) bond motifs is 3. The molecule has 2 saturated carbocycles. The number of aromatic nitrogens is 12. The molecule has 6 aliphatic heterocycles. The van der Waals surface area contributed by atoms with Crippen molar-refractivity contribution < 1.29 is 29.7 Å². The van der Waals surface area contributed by atoms with Gasteiger partial charge in [-0.25, -0.2) is 43.9 Å². The number of hydrogen-bond donors (Lipinski definition) is 3. The number of aryl methyl sites for hydroxylation is 2. The maximum absolute atomic E-state index is 11.2. The summed E-state index contributed by atoms with van der Waals surface area (Å²) in [6.07, 6.45) is 16.9. The first-order valence-electron chi connectivity index (χ1n) is 39.0. The third-order valence-corrected chi connectivity index (χ3v) is 26.7. The van der Waals surface area contributed by atoms with Crippen LogP contribution in [0.25, 0.3) is 33.5 Å². The fraction of sp³-hybridized carbons (Fsp3) is 0.537. The summed E-state index contributed by atoms with van der Waals surface area (Å²) in [6, 6.07) is 19.0. The molecule has 0 radical (unpaired) electrons. The lowest BCUT2D eigenvalue weighted by Gasteiger charge is -2.50. The zero-order valence-corrected chi connectivity index (χ0v) is 67.5. The Bertz CT molecular complexity index is 4780. The second-order valence-electron chi connectivity index (χ2n) is 32.0. The number of nitriles is 1. The van der Waals surface area contributed by atoms with Crippen molar-refractivity contribution in [2.24, 2.45) is 47.3 Å². The molecule has 17 rings (SSSR count). The van der Waals surface area contributed by atoms with Crippen molar-refractivity contribution in [3.63, 3.8) is 0 Å². The van der Waals surface area contributed by atoms with E-state index in [4.69, 9.17) is 110 Å². The highest BCUT2D eigenvalue weighted by Crippen LogP contribution is 2.43. The molecular weight excluding hydrogens is 1540 g/mol. The highest BCUT2D eigenvalue weighted by molar-refractivity contribution is 6.36. The lowest BCUT2D eigenvalue weighted by atomic mass is 9.76. The summed E-state index contributed by atoms with van der Waals surface area (Å²) >= 11 is 37.7. The molecule has 31 heteroatoms. The van der Waals surface area contributed by atoms with Crippen LogP contribution in [-0.2, 0) is 14.4 Å². The van der Waals surface area contributed by atoms with Gasteiger partial charge in [0.15, 0.2) is 22.6 Å². The van der Waals surface area contributed by atoms with Crippen LogP contribution in [0.4, 0.5) is 17.5 Å². The maximum Gasteiger partial charge on any atom is 0.306 e. The number of likely N-dealkylation sites (tertiary alicyclic amines) is 3. The van der Waals surface area contributed by atoms with Crippen LogP contribution < -0.4 is 14.7 Å². The molecule has 6 saturated heterocycles. The molecule has 0 bridgehead atoms. The number of piperidine rings is 3. The van der Waals surface area contributed by atoms with Gasteiger partial charge in [0.25, 0.3) is 0 Å². The van der Waals surface area contributed by atoms with Gasteiger partial charge in [-0.05, 0) is 220 Å². The number of benzene rings is 3. The van der Waals surface area contributed by atoms with Gasteiger partial charge in [0.2, 0.25) is 0 Å². The molecule has 6 atom stereocenters. The van der Waals surface area contributed by atoms with E-state index in [2.05, 4.69) is 59.4 Å². The summed E-state index contributed by atoms with van der Waals surface area (Å²) in [5.74, 6) is 4.01. The number of carboxylic acids is 3. The Hall–Kier alpha value is -7.77. The van der Waals surface area contributed by atoms with Crippen molar-refractivity contribution >= 4 is 138 Å². The van der Waals surface area contributed by atoms with Crippen LogP contribution in [0.2, 0.25) is 30.1 Å². The number of rotatable bonds is 20. The summed E-state index contributed by atoms with van der Waals surface area (Å²) < 4.78 is 5.54. The van der Waals surface area contributed by atoms with Gasteiger partial charge in [0.1, 0.15) is 40.1 Å². The summed E-state index contributed by atoms with van der Waals surface area (Å²) in [7, 11) is 0. The SMILES string of the molecule is C[C@H](c1ccc(Cl)cc1Cl)n1nc(C#N)c2ncc(N3CC([C@@H]4CCCN(CCCC(=O)O)C4)C3)nc21.Cc1nn([C@H](C)c2ccc(Cl)cc2Cl)c2nc(N3CC([C@H]4CCCN(C5CC(C(=O)O)C5)C4)C3)cnc12.Cc1nn([C@H](C)c2ccc(Cl)cc2Cl)c2nc(N3CC([C@H]4CCCN(C5CC(C(=O)O)C5)C4)C3)cnc12. The Balaban J connectivity index is 0.000000132. The summed E-state index contributed by atoms with van der Waals surface area (Å²) in [5, 5.41) is 54.5. The van der Waals surface area contributed by atoms with Gasteiger partial charge in [-0.1, -0.05) is 87.8 Å². The minimum atomic E-state index is -0.727. The zero-order valence-electron chi connectivity index (χ0n) is 62.9. The highest BCUT2D eigenvalue weighted by Gasteiger charge is 2.45. The third-order valence-electron chi connectivity index (χ3n) is 25.0. The van der Waals surface area contributed by atoms with Gasteiger partial charge in [0.05, 0.1) is 59.9 Å². The standard InChI is InChI=1S/2C27H32Cl2N6O2.C26H29Cl2N7O2/c2*1-15-25-26(35(32-15)16(2)22-6-5-20(28)10-23(22)29)31-24(11-30-25)34-13-19(14-34)17-4-3-7-33(12-17)21-8-18(9-21)27(36)37;1-16(20-7-6-19(27)10-21(20)28)35-26-25(22(11-29)32-35)30-12-23(31-26)34-14-18(15-34)17-4-2-8-33(13-17)9-3-5-24(36)37/h2*5-6,10-11,16-19,21H,3-4,7-9,12-14H2,1-2H3,(H,36,37);6-7,10,12,16-18H,2-5,8-9,13-15H2,1H3,(H,36,37)/t2*16-,17+,18?,21?;16-,17-/m111/s1. The van der Waals surface area contributed by atoms with E-state index in [-0.39, 0.29) is 42.1 Å². The number of anilines is 3. The summed E-state index contributed by atoms with van der Waals surface area (Å²) in [6.45, 7) is 23.0. The zero-order chi connectivity index (χ0) is 77.8. The topological polar surface area (TPSA) is 286 Å². The van der Waals surface area contributed by atoms with Crippen molar-refractivity contribution in [3.8, 4) is 6.07 Å². The molecule has 8 aliphatic rings. The monoisotopic (exact) mass is 1630 g/mol. The number of hydrogen-bond acceptors (Lipinski definition) is 19. The van der Waals surface area contributed by atoms with E-state index in [1.807, 2.05) is 72.9 Å². The van der Waals surface area contributed by atoms with E-state index in [1.54, 1.807) is 35.1 Å². The first-order valence-corrected chi connectivity index (χ1v) is 41.2. The number of aliphatic carboxylic acids is 3. The molecule has 0 amide bonds. The fourth-order valence-electron chi connectivity index (χ4n) is 18.1. The van der Waals surface area contributed by atoms with Crippen LogP contribution in [0.15, 0.2) is 73.2 Å². The number of nitrogens with zero attached hydrogens (tertiary/aromatic N) is 19. The van der Waals surface area contributed by atoms with Crippen molar-refractivity contribution in [1.82, 2.24) is 73.9 Å². The molecule has 2 aliphatic carbocycles. The number of carbonyl (C=O) groups is 3. The first-order chi connectivity index (χ1) is 53.4. The van der Waals surface area contributed by atoms with Crippen LogP contribution in [-0.4, -0.2) is 204 Å². The Kier molecular flexibility index (Phi) is 23.6. The number of halogens is 6. The minimum absolute atomic E-state index is 0.116. The molecule has 111 heavy (non-hydrogen) atoms. The normalized spacial score (nSPS) is 23.6. The quantitative estimate of drug-likeness (QED) is 0.0639. The molecule has 0 unspecified atom stereocenters. The summed E-state index contributed by atoms with van der Waals surface area (Å²) in [5.41, 5.74) is 8.80. The van der Waals surface area contributed by atoms with E-state index in [0.717, 1.165) is 185 Å². The lowest BCUT2D eigenvalue weighted by Crippen LogP contribution is -2.56. The molecule has 12 heterocycles. The van der Waals surface area contributed by atoms with E-state index < -0.39 is 17.9 Å². The van der Waals surface area contributed by atoms with Crippen molar-refractivity contribution in [2.75, 3.05) is 99.8 Å². The van der Waals surface area contributed by atoms with Gasteiger partial charge in [-0.3, -0.25) is 14.4 Å². The average molecular weight is 1630 g/mol. The van der Waals surface area contributed by atoms with E-state index >= 15 is 0 Å². The molecular formula is C80H93Cl6N19O6. The Morgan fingerprint density at radius 1 is 0.486 bits per heavy atom. The van der Waals surface area contributed by atoms with E-state index in [1.165, 1.54) is 32.1 Å². The maximum atomic E-state index is 11.2. The smallest absolute Gasteiger partial charge is 0.306 e. The molecule has 8 fully saturated rings. The van der Waals surface area contributed by atoms with Gasteiger partial charge in [0, 0.05) is 108 Å². The van der Waals surface area contributed by atoms with Crippen molar-refractivity contribution in [2.45, 2.75) is 142 Å². The van der Waals surface area contributed by atoms with E-state index in [0.29, 0.717) is 95.3 Å². The molecule has 3 aromatic carbocycles. The second kappa shape index (κ2) is 33.4. The Morgan fingerprint density at radius 2 is 0.847 bits per heavy atom. The highest BCUT2D eigenvalue weighted by atomic mass is 35.5. The first kappa shape index (κ1) is 78.5. The van der Waals surface area contributed by atoms with Crippen LogP contribution in [0.1, 0.15) is 150 Å². The Labute approximate surface area is 675 Å². The summed E-state index contributed by atoms with van der Waals surface area (Å²) in [4.78, 5) is 76.5. The van der Waals surface area contributed by atoms with Crippen LogP contribution >= 0.6 is 69.6 Å². The minimum Gasteiger partial charge on any atom is -0.481 e. The van der Waals surface area contributed by atoms with Gasteiger partial charge < -0.3 is 44.7 Å². The van der Waals surface area contributed by atoms with Crippen LogP contribution in [0.5, 0.6) is 0 Å². The van der Waals surface area contributed by atoms with Crippen LogP contribution in [0.3, 0.4) is 0 Å². The van der Waals surface area contributed by atoms with Crippen LogP contribution in [0, 0.1) is 72.5 Å². The molecule has 0 spiro atoms. The largest absolute Gasteiger partial charge is 0.481 e. The Morgan fingerprint density at radius 3 is 1.22 bits per heavy atom. The number of carboxylic acid groups (broad SMARTS) is 3. The molecule has 6 aromatic heterocycles. The predicted molar refractivity (Wildman–Crippen MR) is 431 cm³/mol.